The van der Waals surface area contributed by atoms with Gasteiger partial charge in [-0.25, -0.2) is 0 Å². The first-order valence-corrected chi connectivity index (χ1v) is 21.8. The second kappa shape index (κ2) is 11.8. The van der Waals surface area contributed by atoms with Crippen LogP contribution in [0.5, 0.6) is 0 Å². The molecule has 15 aromatic rings. The van der Waals surface area contributed by atoms with Gasteiger partial charge < -0.3 is 0 Å². The fourth-order valence-electron chi connectivity index (χ4n) is 12.0. The lowest BCUT2D eigenvalue weighted by molar-refractivity contribution is 1.74. The zero-order chi connectivity index (χ0) is 40.2. The minimum absolute atomic E-state index is 1.25. The Labute approximate surface area is 356 Å². The van der Waals surface area contributed by atoms with Crippen molar-refractivity contribution in [2.75, 3.05) is 0 Å². The fraction of sp³-hybridized carbons (Fsp3) is 0. The molecule has 0 saturated heterocycles. The molecule has 15 aromatic carbocycles. The number of hydrogen-bond acceptors (Lipinski definition) is 0. The molecule has 0 aliphatic rings. The molecule has 0 saturated carbocycles. The van der Waals surface area contributed by atoms with Crippen LogP contribution in [0.3, 0.4) is 0 Å². The molecule has 0 heterocycles. The highest BCUT2D eigenvalue weighted by molar-refractivity contribution is 6.46. The van der Waals surface area contributed by atoms with Gasteiger partial charge in [-0.05, 0) is 182 Å². The van der Waals surface area contributed by atoms with Gasteiger partial charge in [0.2, 0.25) is 0 Å². The van der Waals surface area contributed by atoms with Crippen molar-refractivity contribution in [2.24, 2.45) is 0 Å². The second-order valence-corrected chi connectivity index (χ2v) is 17.4. The first-order chi connectivity index (χ1) is 30.8. The molecule has 0 heteroatoms. The van der Waals surface area contributed by atoms with Crippen molar-refractivity contribution in [3.63, 3.8) is 0 Å². The molecule has 0 unspecified atom stereocenters. The monoisotopic (exact) mass is 778 g/mol. The highest BCUT2D eigenvalue weighted by Crippen LogP contribution is 2.57. The summed E-state index contributed by atoms with van der Waals surface area (Å²) in [4.78, 5) is 0. The van der Waals surface area contributed by atoms with Crippen LogP contribution in [0.15, 0.2) is 206 Å². The summed E-state index contributed by atoms with van der Waals surface area (Å²) < 4.78 is 0. The molecule has 0 spiro atoms. The van der Waals surface area contributed by atoms with Crippen LogP contribution in [0.1, 0.15) is 0 Å². The molecule has 0 N–H and O–H groups in total. The maximum Gasteiger partial charge on any atom is -0.000674 e. The number of hydrogen-bond donors (Lipinski definition) is 0. The maximum absolute atomic E-state index is 2.59. The molecule has 0 aliphatic carbocycles. The molecule has 0 aromatic heterocycles. The van der Waals surface area contributed by atoms with E-state index < -0.39 is 0 Å². The molecule has 0 aliphatic heterocycles. The Morgan fingerprint density at radius 3 is 0.968 bits per heavy atom. The van der Waals surface area contributed by atoms with Gasteiger partial charge in [0, 0.05) is 0 Å². The molecule has 0 amide bonds. The molecular formula is C62H34. The van der Waals surface area contributed by atoms with Crippen molar-refractivity contribution in [3.8, 4) is 22.3 Å². The van der Waals surface area contributed by atoms with Crippen molar-refractivity contribution in [2.45, 2.75) is 0 Å². The number of rotatable bonds is 2. The van der Waals surface area contributed by atoms with Gasteiger partial charge in [-0.3, -0.25) is 0 Å². The Morgan fingerprint density at radius 2 is 0.484 bits per heavy atom. The van der Waals surface area contributed by atoms with E-state index >= 15 is 0 Å². The third-order valence-corrected chi connectivity index (χ3v) is 14.4. The largest absolute Gasteiger partial charge is 0.0616 e. The molecule has 62 heavy (non-hydrogen) atoms. The van der Waals surface area contributed by atoms with Crippen LogP contribution in [0, 0.1) is 0 Å². The summed E-state index contributed by atoms with van der Waals surface area (Å²) in [5.74, 6) is 0. The Morgan fingerprint density at radius 1 is 0.145 bits per heavy atom. The Balaban J connectivity index is 1.33. The minimum atomic E-state index is 1.25. The van der Waals surface area contributed by atoms with Gasteiger partial charge >= 0.3 is 0 Å². The van der Waals surface area contributed by atoms with Crippen LogP contribution in [-0.2, 0) is 0 Å². The van der Waals surface area contributed by atoms with E-state index in [2.05, 4.69) is 206 Å². The van der Waals surface area contributed by atoms with Gasteiger partial charge in [-0.2, -0.15) is 0 Å². The molecule has 0 nitrogen and oxygen atoms in total. The van der Waals surface area contributed by atoms with E-state index in [1.54, 1.807) is 0 Å². The van der Waals surface area contributed by atoms with Crippen molar-refractivity contribution in [1.82, 2.24) is 0 Å². The van der Waals surface area contributed by atoms with Crippen molar-refractivity contribution in [1.29, 1.82) is 0 Å². The SMILES string of the molecule is c1ccc2c(-c3c4cc5c(cc4c(-c4c6ccccc6cc6ccccc46)c4c6cc7ccccc7c7cccc(c34)c76)c3cccc4cccc5c43)c3ccccc3cc2c1. The third-order valence-electron chi connectivity index (χ3n) is 14.4. The summed E-state index contributed by atoms with van der Waals surface area (Å²) in [6, 6.07) is 78.4. The molecule has 0 atom stereocenters. The molecule has 0 bridgehead atoms. The summed E-state index contributed by atoms with van der Waals surface area (Å²) in [7, 11) is 0. The van der Waals surface area contributed by atoms with Crippen LogP contribution in [0.2, 0.25) is 0 Å². The van der Waals surface area contributed by atoms with Gasteiger partial charge in [-0.1, -0.05) is 176 Å². The van der Waals surface area contributed by atoms with E-state index in [1.807, 2.05) is 0 Å². The van der Waals surface area contributed by atoms with Crippen molar-refractivity contribution in [3.05, 3.63) is 206 Å². The van der Waals surface area contributed by atoms with E-state index in [0.717, 1.165) is 0 Å². The van der Waals surface area contributed by atoms with Crippen LogP contribution in [0.25, 0.3) is 152 Å². The molecule has 0 fully saturated rings. The van der Waals surface area contributed by atoms with Gasteiger partial charge in [0.05, 0.1) is 0 Å². The Kier molecular flexibility index (Phi) is 6.24. The average molecular weight is 779 g/mol. The lowest BCUT2D eigenvalue weighted by Gasteiger charge is -2.22. The first kappa shape index (κ1) is 32.8. The molecule has 282 valence electrons. The topological polar surface area (TPSA) is 0 Å². The predicted octanol–water partition coefficient (Wildman–Crippen LogP) is 17.7. The van der Waals surface area contributed by atoms with Gasteiger partial charge in [-0.15, -0.1) is 0 Å². The van der Waals surface area contributed by atoms with Crippen molar-refractivity contribution < 1.29 is 0 Å². The summed E-state index contributed by atoms with van der Waals surface area (Å²) in [6.45, 7) is 0. The molecular weight excluding hydrogens is 745 g/mol. The zero-order valence-corrected chi connectivity index (χ0v) is 33.6. The molecule has 15 rings (SSSR count). The normalized spacial score (nSPS) is 12.5. The number of benzene rings is 13. The van der Waals surface area contributed by atoms with Gasteiger partial charge in [0.1, 0.15) is 0 Å². The van der Waals surface area contributed by atoms with Crippen LogP contribution >= 0.6 is 0 Å². The quantitative estimate of drug-likeness (QED) is 0.121. The Bertz CT molecular complexity index is 4320. The van der Waals surface area contributed by atoms with E-state index in [9.17, 15) is 0 Å². The summed E-state index contributed by atoms with van der Waals surface area (Å²) in [5, 5.41) is 31.1. The summed E-state index contributed by atoms with van der Waals surface area (Å²) in [5.41, 5.74) is 5.24. The highest BCUT2D eigenvalue weighted by atomic mass is 14.3. The van der Waals surface area contributed by atoms with Gasteiger partial charge in [0.15, 0.2) is 0 Å². The van der Waals surface area contributed by atoms with Crippen LogP contribution < -0.4 is 0 Å². The fourth-order valence-corrected chi connectivity index (χ4v) is 12.0. The standard InChI is InChI=1S/C62H34/c1-6-21-41-40(18-1)32-54-56-46(41)28-13-29-49(56)59-60(57-42-22-7-2-14-36(42)30-37-15-3-8-23-43(37)57)52-33-50-47-26-11-19-35-20-12-27-48(55(35)47)51(50)34-53(52)61(62(54)59)58-44-24-9-4-16-38(44)31-39-17-5-10-25-45(39)58/h1-34H. The summed E-state index contributed by atoms with van der Waals surface area (Å²) >= 11 is 0. The lowest BCUT2D eigenvalue weighted by Crippen LogP contribution is -1.94. The van der Waals surface area contributed by atoms with Crippen LogP contribution in [-0.4, -0.2) is 0 Å². The second-order valence-electron chi connectivity index (χ2n) is 17.4. The highest BCUT2D eigenvalue weighted by Gasteiger charge is 2.28. The lowest BCUT2D eigenvalue weighted by atomic mass is 9.81. The van der Waals surface area contributed by atoms with E-state index in [1.165, 1.54) is 152 Å². The van der Waals surface area contributed by atoms with E-state index in [0.29, 0.717) is 0 Å². The van der Waals surface area contributed by atoms with Gasteiger partial charge in [0.25, 0.3) is 0 Å². The number of fused-ring (bicyclic) bond motifs is 13. The first-order valence-electron chi connectivity index (χ1n) is 21.8. The average Bonchev–Trinajstić information content (AvgIpc) is 3.82. The van der Waals surface area contributed by atoms with E-state index in [-0.39, 0.29) is 0 Å². The zero-order valence-electron chi connectivity index (χ0n) is 33.6. The maximum atomic E-state index is 2.59. The smallest absolute Gasteiger partial charge is 0.000674 e. The van der Waals surface area contributed by atoms with Crippen LogP contribution in [0.4, 0.5) is 0 Å². The van der Waals surface area contributed by atoms with E-state index in [4.69, 9.17) is 0 Å². The minimum Gasteiger partial charge on any atom is -0.0616 e. The summed E-state index contributed by atoms with van der Waals surface area (Å²) in [6.07, 6.45) is 0. The molecule has 0 radical (unpaired) electrons. The third kappa shape index (κ3) is 4.12. The van der Waals surface area contributed by atoms with Crippen molar-refractivity contribution >= 4 is 129 Å². The predicted molar refractivity (Wildman–Crippen MR) is 270 cm³/mol. The Hall–Kier alpha value is -8.06.